The molecule has 0 aliphatic heterocycles. The Labute approximate surface area is 119 Å². The van der Waals surface area contributed by atoms with Gasteiger partial charge in [-0.1, -0.05) is 6.92 Å². The summed E-state index contributed by atoms with van der Waals surface area (Å²) in [6.07, 6.45) is -2.29. The van der Waals surface area contributed by atoms with E-state index in [1.807, 2.05) is 0 Å². The highest BCUT2D eigenvalue weighted by atomic mass is 16.4. The summed E-state index contributed by atoms with van der Waals surface area (Å²) in [6.45, 7) is 1.06. The van der Waals surface area contributed by atoms with Gasteiger partial charge in [0.1, 0.15) is 0 Å². The maximum Gasteiger partial charge on any atom is 0.336 e. The van der Waals surface area contributed by atoms with Crippen molar-refractivity contribution in [2.45, 2.75) is 25.4 Å². The summed E-state index contributed by atoms with van der Waals surface area (Å²) >= 11 is 0. The Bertz CT molecular complexity index is 336. The molecule has 0 unspecified atom stereocenters. The number of carboxylic acid groups (broad SMARTS) is 3. The minimum atomic E-state index is -2.74. The van der Waals surface area contributed by atoms with E-state index >= 15 is 0 Å². The molecule has 21 heavy (non-hydrogen) atoms. The fourth-order valence-electron chi connectivity index (χ4n) is 0.864. The maximum atomic E-state index is 10.3. The number of aliphatic carboxylic acids is 3. The molecular weight excluding hydrogens is 292 g/mol. The topological polar surface area (TPSA) is 193 Å². The van der Waals surface area contributed by atoms with Crippen molar-refractivity contribution >= 4 is 17.9 Å². The number of aliphatic hydroxyl groups excluding tert-OH is 3. The van der Waals surface area contributed by atoms with Crippen molar-refractivity contribution in [3.05, 3.63) is 0 Å². The van der Waals surface area contributed by atoms with E-state index in [1.165, 1.54) is 0 Å². The normalized spacial score (nSPS) is 11.3. The zero-order chi connectivity index (χ0) is 17.3. The summed E-state index contributed by atoms with van der Waals surface area (Å²) in [7, 11) is 0. The van der Waals surface area contributed by atoms with Crippen LogP contribution >= 0.6 is 0 Å². The highest BCUT2D eigenvalue weighted by Gasteiger charge is 2.40. The third-order valence-corrected chi connectivity index (χ3v) is 2.43. The fraction of sp³-hybridized carbons (Fsp3) is 0.727. The van der Waals surface area contributed by atoms with Gasteiger partial charge in [0.2, 0.25) is 0 Å². The number of aliphatic hydroxyl groups is 4. The minimum Gasteiger partial charge on any atom is -0.481 e. The molecule has 0 radical (unpaired) electrons. The molecule has 0 amide bonds. The quantitative estimate of drug-likeness (QED) is 0.257. The number of hydrogen-bond donors (Lipinski definition) is 7. The molecule has 0 aromatic rings. The largest absolute Gasteiger partial charge is 0.481 e. The van der Waals surface area contributed by atoms with E-state index in [0.717, 1.165) is 0 Å². The van der Waals surface area contributed by atoms with Crippen molar-refractivity contribution in [3.63, 3.8) is 0 Å². The van der Waals surface area contributed by atoms with E-state index in [-0.39, 0.29) is 19.8 Å². The lowest BCUT2D eigenvalue weighted by molar-refractivity contribution is -0.170. The van der Waals surface area contributed by atoms with E-state index in [4.69, 9.17) is 35.7 Å². The number of rotatable bonds is 8. The molecule has 0 saturated heterocycles. The Morgan fingerprint density at radius 3 is 1.19 bits per heavy atom. The molecule has 0 aromatic carbocycles. The van der Waals surface area contributed by atoms with Gasteiger partial charge in [-0.05, 0) is 0 Å². The molecule has 0 aliphatic carbocycles. The highest BCUT2D eigenvalue weighted by Crippen LogP contribution is 2.15. The van der Waals surface area contributed by atoms with Crippen molar-refractivity contribution in [3.8, 4) is 0 Å². The van der Waals surface area contributed by atoms with Crippen LogP contribution in [0.15, 0.2) is 0 Å². The molecule has 124 valence electrons. The van der Waals surface area contributed by atoms with Gasteiger partial charge in [-0.2, -0.15) is 0 Å². The van der Waals surface area contributed by atoms with Crippen molar-refractivity contribution in [2.24, 2.45) is 5.41 Å². The molecule has 0 bridgehead atoms. The lowest BCUT2D eigenvalue weighted by Crippen LogP contribution is -2.42. The first-order chi connectivity index (χ1) is 9.46. The van der Waals surface area contributed by atoms with Gasteiger partial charge in [-0.15, -0.1) is 0 Å². The summed E-state index contributed by atoms with van der Waals surface area (Å²) < 4.78 is 0. The number of carboxylic acids is 3. The molecule has 0 spiro atoms. The lowest BCUT2D eigenvalue weighted by Gasteiger charge is -2.20. The van der Waals surface area contributed by atoms with Crippen LogP contribution in [-0.4, -0.2) is 79.1 Å². The molecule has 10 heteroatoms. The first-order valence-electron chi connectivity index (χ1n) is 5.68. The van der Waals surface area contributed by atoms with Gasteiger partial charge in [0.25, 0.3) is 0 Å². The monoisotopic (exact) mass is 312 g/mol. The number of carbonyl (C=O) groups is 3. The van der Waals surface area contributed by atoms with Gasteiger partial charge in [0.05, 0.1) is 32.7 Å². The highest BCUT2D eigenvalue weighted by molar-refractivity contribution is 5.88. The molecule has 0 fully saturated rings. The molecule has 0 rings (SSSR count). The summed E-state index contributed by atoms with van der Waals surface area (Å²) in [5, 5.41) is 59.2. The Morgan fingerprint density at radius 1 is 0.810 bits per heavy atom. The SMILES string of the molecule is CC(CO)(CO)CO.O=C(O)CC(O)(CC(=O)O)C(=O)O. The second-order valence-electron chi connectivity index (χ2n) is 4.76. The third-order valence-electron chi connectivity index (χ3n) is 2.43. The van der Waals surface area contributed by atoms with Crippen LogP contribution in [0.4, 0.5) is 0 Å². The average Bonchev–Trinajstić information content (AvgIpc) is 2.36. The van der Waals surface area contributed by atoms with Crippen LogP contribution < -0.4 is 0 Å². The molecule has 7 N–H and O–H groups in total. The van der Waals surface area contributed by atoms with Crippen LogP contribution in [-0.2, 0) is 14.4 Å². The molecule has 0 aliphatic rings. The Hall–Kier alpha value is -1.75. The Balaban J connectivity index is 0. The van der Waals surface area contributed by atoms with E-state index in [0.29, 0.717) is 0 Å². The Morgan fingerprint density at radius 2 is 1.10 bits per heavy atom. The van der Waals surface area contributed by atoms with Gasteiger partial charge >= 0.3 is 17.9 Å². The zero-order valence-electron chi connectivity index (χ0n) is 11.4. The van der Waals surface area contributed by atoms with E-state index in [2.05, 4.69) is 0 Å². The Kier molecular flexibility index (Phi) is 9.47. The number of hydrogen-bond acceptors (Lipinski definition) is 7. The summed E-state index contributed by atoms with van der Waals surface area (Å²) in [4.78, 5) is 30.5. The van der Waals surface area contributed by atoms with Crippen molar-refractivity contribution in [1.29, 1.82) is 0 Å². The molecule has 0 aromatic heterocycles. The van der Waals surface area contributed by atoms with Crippen LogP contribution in [0.3, 0.4) is 0 Å². The van der Waals surface area contributed by atoms with Gasteiger partial charge in [-0.25, -0.2) is 4.79 Å². The summed E-state index contributed by atoms with van der Waals surface area (Å²) in [5.74, 6) is -5.02. The smallest absolute Gasteiger partial charge is 0.336 e. The van der Waals surface area contributed by atoms with Crippen molar-refractivity contribution in [1.82, 2.24) is 0 Å². The average molecular weight is 312 g/mol. The predicted octanol–water partition coefficient (Wildman–Crippen LogP) is -2.28. The minimum absolute atomic E-state index is 0.181. The molecular formula is C11H20O10. The first-order valence-corrected chi connectivity index (χ1v) is 5.68. The van der Waals surface area contributed by atoms with Crippen LogP contribution in [0.2, 0.25) is 0 Å². The van der Waals surface area contributed by atoms with Gasteiger partial charge in [-0.3, -0.25) is 9.59 Å². The first kappa shape index (κ1) is 21.5. The third kappa shape index (κ3) is 8.92. The van der Waals surface area contributed by atoms with E-state index in [1.54, 1.807) is 6.92 Å². The second kappa shape index (κ2) is 9.23. The van der Waals surface area contributed by atoms with E-state index < -0.39 is 41.8 Å². The standard InChI is InChI=1S/C6H8O7.C5H12O3/c7-3(8)1-6(13,5(11)12)2-4(9)10;1-5(2-6,3-7)4-8/h13H,1-2H2,(H,7,8)(H,9,10)(H,11,12);6-8H,2-4H2,1H3. The van der Waals surface area contributed by atoms with Crippen molar-refractivity contribution in [2.75, 3.05) is 19.8 Å². The van der Waals surface area contributed by atoms with Crippen LogP contribution in [0.5, 0.6) is 0 Å². The van der Waals surface area contributed by atoms with Crippen LogP contribution in [0, 0.1) is 5.41 Å². The van der Waals surface area contributed by atoms with Gasteiger partial charge in [0.15, 0.2) is 5.60 Å². The predicted molar refractivity (Wildman–Crippen MR) is 66.5 cm³/mol. The van der Waals surface area contributed by atoms with Gasteiger partial charge < -0.3 is 35.7 Å². The van der Waals surface area contributed by atoms with Crippen LogP contribution in [0.1, 0.15) is 19.8 Å². The molecule has 0 heterocycles. The lowest BCUT2D eigenvalue weighted by atomic mass is 9.95. The molecule has 0 saturated carbocycles. The zero-order valence-corrected chi connectivity index (χ0v) is 11.4. The summed E-state index contributed by atoms with van der Waals surface area (Å²) in [6, 6.07) is 0. The van der Waals surface area contributed by atoms with Crippen LogP contribution in [0.25, 0.3) is 0 Å². The maximum absolute atomic E-state index is 10.3. The molecule has 10 nitrogen and oxygen atoms in total. The fourth-order valence-corrected chi connectivity index (χ4v) is 0.864. The van der Waals surface area contributed by atoms with Crippen molar-refractivity contribution < 1.29 is 50.1 Å². The second-order valence-corrected chi connectivity index (χ2v) is 4.76. The molecule has 0 atom stereocenters. The van der Waals surface area contributed by atoms with Gasteiger partial charge in [0, 0.05) is 5.41 Å². The van der Waals surface area contributed by atoms with E-state index in [9.17, 15) is 14.4 Å². The summed E-state index contributed by atoms with van der Waals surface area (Å²) in [5.41, 5.74) is -3.45.